The summed E-state index contributed by atoms with van der Waals surface area (Å²) >= 11 is 5.84. The second kappa shape index (κ2) is 4.73. The minimum absolute atomic E-state index is 0.131. The van der Waals surface area contributed by atoms with Gasteiger partial charge in [0, 0.05) is 16.3 Å². The third kappa shape index (κ3) is 2.75. The lowest BCUT2D eigenvalue weighted by Crippen LogP contribution is -2.32. The Labute approximate surface area is 103 Å². The van der Waals surface area contributed by atoms with Gasteiger partial charge in [0.2, 0.25) is 5.91 Å². The highest BCUT2D eigenvalue weighted by molar-refractivity contribution is 6.30. The van der Waals surface area contributed by atoms with Crippen LogP contribution in [-0.4, -0.2) is 17.9 Å². The van der Waals surface area contributed by atoms with Crippen LogP contribution in [0.15, 0.2) is 18.2 Å². The molecule has 1 aromatic rings. The monoisotopic (exact) mass is 254 g/mol. The molecule has 17 heavy (non-hydrogen) atoms. The van der Waals surface area contributed by atoms with E-state index in [9.17, 15) is 9.59 Å². The lowest BCUT2D eigenvalue weighted by Gasteiger charge is -2.10. The van der Waals surface area contributed by atoms with E-state index in [-0.39, 0.29) is 18.9 Å². The molecule has 1 aliphatic rings. The fourth-order valence-electron chi connectivity index (χ4n) is 1.62. The van der Waals surface area contributed by atoms with Crippen molar-refractivity contribution in [3.63, 3.8) is 0 Å². The molecule has 6 heteroatoms. The summed E-state index contributed by atoms with van der Waals surface area (Å²) < 4.78 is 5.34. The Balaban J connectivity index is 2.22. The molecule has 1 unspecified atom stereocenters. The van der Waals surface area contributed by atoms with Gasteiger partial charge < -0.3 is 15.8 Å². The molecule has 1 aliphatic heterocycles. The number of amides is 2. The Kier molecular flexibility index (Phi) is 3.31. The molecule has 0 saturated heterocycles. The molecule has 1 aromatic carbocycles. The van der Waals surface area contributed by atoms with Gasteiger partial charge in [-0.2, -0.15) is 0 Å². The predicted molar refractivity (Wildman–Crippen MR) is 62.5 cm³/mol. The van der Waals surface area contributed by atoms with Gasteiger partial charge in [0.15, 0.2) is 0 Å². The average molecular weight is 255 g/mol. The number of carbonyl (C=O) groups excluding carboxylic acids is 2. The first-order chi connectivity index (χ1) is 8.06. The van der Waals surface area contributed by atoms with E-state index in [2.05, 4.69) is 5.32 Å². The van der Waals surface area contributed by atoms with Crippen molar-refractivity contribution in [1.29, 1.82) is 0 Å². The second-order valence-corrected chi connectivity index (χ2v) is 4.20. The summed E-state index contributed by atoms with van der Waals surface area (Å²) in [6, 6.07) is 5.09. The van der Waals surface area contributed by atoms with Crippen LogP contribution in [-0.2, 0) is 20.9 Å². The van der Waals surface area contributed by atoms with Crippen LogP contribution in [0, 0.1) is 0 Å². The van der Waals surface area contributed by atoms with Gasteiger partial charge in [-0.1, -0.05) is 11.6 Å². The van der Waals surface area contributed by atoms with Gasteiger partial charge in [-0.05, 0) is 18.2 Å². The number of ether oxygens (including phenoxy) is 1. The first-order valence-electron chi connectivity index (χ1n) is 5.05. The summed E-state index contributed by atoms with van der Waals surface area (Å²) in [7, 11) is 0. The molecule has 90 valence electrons. The Bertz CT molecular complexity index is 476. The summed E-state index contributed by atoms with van der Waals surface area (Å²) in [5.41, 5.74) is 6.47. The predicted octanol–water partition coefficient (Wildman–Crippen LogP) is 1.05. The van der Waals surface area contributed by atoms with Crippen molar-refractivity contribution in [2.24, 2.45) is 5.73 Å². The molecule has 3 N–H and O–H groups in total. The average Bonchev–Trinajstić information content (AvgIpc) is 2.39. The minimum atomic E-state index is -0.848. The van der Waals surface area contributed by atoms with E-state index in [0.717, 1.165) is 5.56 Å². The molecule has 0 aliphatic carbocycles. The van der Waals surface area contributed by atoms with Crippen molar-refractivity contribution < 1.29 is 14.3 Å². The van der Waals surface area contributed by atoms with Gasteiger partial charge in [0.25, 0.3) is 5.91 Å². The molecule has 1 heterocycles. The second-order valence-electron chi connectivity index (χ2n) is 3.76. The van der Waals surface area contributed by atoms with Crippen LogP contribution in [0.25, 0.3) is 0 Å². The van der Waals surface area contributed by atoms with E-state index < -0.39 is 12.0 Å². The van der Waals surface area contributed by atoms with Crippen molar-refractivity contribution in [2.45, 2.75) is 19.1 Å². The van der Waals surface area contributed by atoms with Crippen LogP contribution in [0.2, 0.25) is 5.02 Å². The van der Waals surface area contributed by atoms with E-state index >= 15 is 0 Å². The van der Waals surface area contributed by atoms with Gasteiger partial charge in [0.05, 0.1) is 13.0 Å². The summed E-state index contributed by atoms with van der Waals surface area (Å²) in [4.78, 5) is 22.5. The number of nitrogens with one attached hydrogen (secondary N) is 1. The zero-order valence-corrected chi connectivity index (χ0v) is 9.66. The highest BCUT2D eigenvalue weighted by Gasteiger charge is 2.25. The summed E-state index contributed by atoms with van der Waals surface area (Å²) in [6.07, 6.45) is -0.980. The van der Waals surface area contributed by atoms with Gasteiger partial charge in [-0.3, -0.25) is 9.59 Å². The zero-order chi connectivity index (χ0) is 12.4. The number of carbonyl (C=O) groups is 2. The Morgan fingerprint density at radius 3 is 3.06 bits per heavy atom. The standard InChI is InChI=1S/C11H11ClN2O3/c12-7-1-2-8-6(3-7)5-17-9(4-10(13)15)11(16)14-8/h1-3,9H,4-5H2,(H2,13,15)(H,14,16). The van der Waals surface area contributed by atoms with Crippen LogP contribution < -0.4 is 11.1 Å². The van der Waals surface area contributed by atoms with Crippen LogP contribution in [0.4, 0.5) is 5.69 Å². The maximum atomic E-state index is 11.7. The SMILES string of the molecule is NC(=O)CC1OCc2cc(Cl)ccc2NC1=O. The van der Waals surface area contributed by atoms with Crippen molar-refractivity contribution in [2.75, 3.05) is 5.32 Å². The van der Waals surface area contributed by atoms with Gasteiger partial charge in [-0.25, -0.2) is 0 Å². The number of hydrogen-bond acceptors (Lipinski definition) is 3. The van der Waals surface area contributed by atoms with E-state index in [0.29, 0.717) is 10.7 Å². The Morgan fingerprint density at radius 1 is 1.59 bits per heavy atom. The normalized spacial score (nSPS) is 19.1. The van der Waals surface area contributed by atoms with Crippen molar-refractivity contribution in [1.82, 2.24) is 0 Å². The van der Waals surface area contributed by atoms with Crippen LogP contribution in [0.5, 0.6) is 0 Å². The summed E-state index contributed by atoms with van der Waals surface area (Å²) in [5.74, 6) is -0.945. The smallest absolute Gasteiger partial charge is 0.254 e. The van der Waals surface area contributed by atoms with Crippen molar-refractivity contribution >= 4 is 29.1 Å². The van der Waals surface area contributed by atoms with Gasteiger partial charge in [0.1, 0.15) is 6.10 Å². The first-order valence-corrected chi connectivity index (χ1v) is 5.43. The third-order valence-electron chi connectivity index (χ3n) is 2.44. The largest absolute Gasteiger partial charge is 0.370 e. The summed E-state index contributed by atoms with van der Waals surface area (Å²) in [5, 5.41) is 3.24. The fraction of sp³-hybridized carbons (Fsp3) is 0.273. The minimum Gasteiger partial charge on any atom is -0.370 e. The third-order valence-corrected chi connectivity index (χ3v) is 2.68. The van der Waals surface area contributed by atoms with Crippen molar-refractivity contribution in [3.8, 4) is 0 Å². The molecule has 0 saturated carbocycles. The molecule has 5 nitrogen and oxygen atoms in total. The molecule has 1 atom stereocenters. The molecular weight excluding hydrogens is 244 g/mol. The number of halogens is 1. The summed E-state index contributed by atoms with van der Waals surface area (Å²) in [6.45, 7) is 0.215. The van der Waals surface area contributed by atoms with Crippen molar-refractivity contribution in [3.05, 3.63) is 28.8 Å². The van der Waals surface area contributed by atoms with E-state index in [1.165, 1.54) is 0 Å². The molecule has 0 fully saturated rings. The molecular formula is C11H11ClN2O3. The number of anilines is 1. The lowest BCUT2D eigenvalue weighted by molar-refractivity contribution is -0.133. The van der Waals surface area contributed by atoms with E-state index in [4.69, 9.17) is 22.1 Å². The zero-order valence-electron chi connectivity index (χ0n) is 8.90. The maximum absolute atomic E-state index is 11.7. The number of nitrogens with two attached hydrogens (primary N) is 1. The highest BCUT2D eigenvalue weighted by atomic mass is 35.5. The van der Waals surface area contributed by atoms with E-state index in [1.54, 1.807) is 18.2 Å². The number of hydrogen-bond donors (Lipinski definition) is 2. The lowest BCUT2D eigenvalue weighted by atomic mass is 10.2. The molecule has 0 bridgehead atoms. The number of primary amides is 1. The number of benzene rings is 1. The number of fused-ring (bicyclic) bond motifs is 1. The topological polar surface area (TPSA) is 81.4 Å². The first kappa shape index (κ1) is 11.9. The van der Waals surface area contributed by atoms with Gasteiger partial charge in [-0.15, -0.1) is 0 Å². The van der Waals surface area contributed by atoms with E-state index in [1.807, 2.05) is 0 Å². The maximum Gasteiger partial charge on any atom is 0.254 e. The fourth-order valence-corrected chi connectivity index (χ4v) is 1.81. The molecule has 0 spiro atoms. The Hall–Kier alpha value is -1.59. The molecule has 0 radical (unpaired) electrons. The highest BCUT2D eigenvalue weighted by Crippen LogP contribution is 2.25. The molecule has 0 aromatic heterocycles. The van der Waals surface area contributed by atoms with Crippen LogP contribution in [0.1, 0.15) is 12.0 Å². The molecule has 2 amide bonds. The van der Waals surface area contributed by atoms with Gasteiger partial charge >= 0.3 is 0 Å². The van der Waals surface area contributed by atoms with Crippen LogP contribution in [0.3, 0.4) is 0 Å². The quantitative estimate of drug-likeness (QED) is 0.828. The molecule has 2 rings (SSSR count). The Morgan fingerprint density at radius 2 is 2.35 bits per heavy atom. The number of rotatable bonds is 2. The van der Waals surface area contributed by atoms with Crippen LogP contribution >= 0.6 is 11.6 Å².